The molecule has 0 aliphatic carbocycles. The number of benzene rings is 1. The van der Waals surface area contributed by atoms with Crippen LogP contribution in [0.5, 0.6) is 0 Å². The smallest absolute Gasteiger partial charge is 0.257 e. The molecule has 2 heterocycles. The lowest BCUT2D eigenvalue weighted by atomic mass is 10.1. The van der Waals surface area contributed by atoms with E-state index in [1.54, 1.807) is 23.1 Å². The van der Waals surface area contributed by atoms with Crippen molar-refractivity contribution in [3.8, 4) is 0 Å². The Morgan fingerprint density at radius 3 is 2.38 bits per heavy atom. The number of rotatable bonds is 4. The minimum Gasteiger partial charge on any atom is -0.467 e. The zero-order valence-corrected chi connectivity index (χ0v) is 15.8. The average molecular weight is 377 g/mol. The molecule has 140 valence electrons. The minimum atomic E-state index is -3.55. The molecule has 1 aromatic heterocycles. The molecule has 0 saturated carbocycles. The maximum Gasteiger partial charge on any atom is 0.257 e. The number of sulfonamides is 1. The second kappa shape index (κ2) is 7.22. The predicted molar refractivity (Wildman–Crippen MR) is 97.2 cm³/mol. The lowest BCUT2D eigenvalue weighted by Crippen LogP contribution is -2.50. The van der Waals surface area contributed by atoms with E-state index in [-0.39, 0.29) is 25.5 Å². The Morgan fingerprint density at radius 2 is 1.81 bits per heavy atom. The van der Waals surface area contributed by atoms with E-state index in [2.05, 4.69) is 0 Å². The zero-order chi connectivity index (χ0) is 18.9. The molecule has 3 rings (SSSR count). The van der Waals surface area contributed by atoms with Crippen LogP contribution in [0.15, 0.2) is 39.8 Å². The highest BCUT2D eigenvalue weighted by molar-refractivity contribution is 7.89. The molecule has 0 atom stereocenters. The Balaban J connectivity index is 1.69. The van der Waals surface area contributed by atoms with E-state index >= 15 is 0 Å². The van der Waals surface area contributed by atoms with E-state index in [0.29, 0.717) is 29.3 Å². The number of nitrogens with zero attached hydrogens (tertiary/aromatic N) is 2. The molecular formula is C18H23N3O4S. The highest BCUT2D eigenvalue weighted by atomic mass is 32.2. The van der Waals surface area contributed by atoms with Gasteiger partial charge in [0.2, 0.25) is 10.0 Å². The van der Waals surface area contributed by atoms with Gasteiger partial charge in [-0.05, 0) is 43.2 Å². The Kier molecular flexibility index (Phi) is 5.17. The third-order valence-electron chi connectivity index (χ3n) is 4.74. The Morgan fingerprint density at radius 1 is 1.12 bits per heavy atom. The van der Waals surface area contributed by atoms with E-state index in [4.69, 9.17) is 10.2 Å². The fraction of sp³-hybridized carbons (Fsp3) is 0.389. The number of piperazine rings is 1. The molecule has 1 amide bonds. The first-order chi connectivity index (χ1) is 12.3. The van der Waals surface area contributed by atoms with Gasteiger partial charge in [0, 0.05) is 26.2 Å². The first kappa shape index (κ1) is 18.6. The van der Waals surface area contributed by atoms with Gasteiger partial charge >= 0.3 is 0 Å². The number of furan rings is 1. The molecular weight excluding hydrogens is 354 g/mol. The number of aryl methyl sites for hydroxylation is 2. The highest BCUT2D eigenvalue weighted by Crippen LogP contribution is 2.21. The van der Waals surface area contributed by atoms with E-state index in [1.165, 1.54) is 10.6 Å². The Bertz CT molecular complexity index is 912. The van der Waals surface area contributed by atoms with Crippen LogP contribution < -0.4 is 5.73 Å². The predicted octanol–water partition coefficient (Wildman–Crippen LogP) is 1.50. The molecule has 2 aromatic rings. The van der Waals surface area contributed by atoms with Crippen LogP contribution in [-0.4, -0.2) is 49.7 Å². The number of hydrogen-bond acceptors (Lipinski definition) is 5. The summed E-state index contributed by atoms with van der Waals surface area (Å²) >= 11 is 0. The van der Waals surface area contributed by atoms with Gasteiger partial charge in [0.1, 0.15) is 12.0 Å². The maximum atomic E-state index is 12.8. The lowest BCUT2D eigenvalue weighted by molar-refractivity contribution is 0.0697. The van der Waals surface area contributed by atoms with Gasteiger partial charge in [-0.15, -0.1) is 0 Å². The van der Waals surface area contributed by atoms with Crippen molar-refractivity contribution < 1.29 is 17.6 Å². The molecule has 7 nitrogen and oxygen atoms in total. The van der Waals surface area contributed by atoms with E-state index in [1.807, 2.05) is 19.9 Å². The van der Waals surface area contributed by atoms with Crippen LogP contribution in [0.3, 0.4) is 0 Å². The molecule has 26 heavy (non-hydrogen) atoms. The van der Waals surface area contributed by atoms with Crippen molar-refractivity contribution in [3.63, 3.8) is 0 Å². The lowest BCUT2D eigenvalue weighted by Gasteiger charge is -2.33. The summed E-state index contributed by atoms with van der Waals surface area (Å²) in [5.41, 5.74) is 7.92. The molecule has 1 saturated heterocycles. The molecule has 1 aliphatic rings. The number of hydrogen-bond donors (Lipinski definition) is 1. The third kappa shape index (κ3) is 3.53. The second-order valence-electron chi connectivity index (χ2n) is 6.45. The quantitative estimate of drug-likeness (QED) is 0.871. The first-order valence-electron chi connectivity index (χ1n) is 8.47. The monoisotopic (exact) mass is 377 g/mol. The molecule has 1 fully saturated rings. The highest BCUT2D eigenvalue weighted by Gasteiger charge is 2.31. The Hall–Kier alpha value is -2.16. The summed E-state index contributed by atoms with van der Waals surface area (Å²) < 4.78 is 32.3. The van der Waals surface area contributed by atoms with Gasteiger partial charge in [-0.2, -0.15) is 4.31 Å². The summed E-state index contributed by atoms with van der Waals surface area (Å²) in [5, 5.41) is 0. The van der Waals surface area contributed by atoms with Crippen LogP contribution in [0.4, 0.5) is 0 Å². The summed E-state index contributed by atoms with van der Waals surface area (Å²) in [6, 6.07) is 6.77. The van der Waals surface area contributed by atoms with Gasteiger partial charge in [0.05, 0.1) is 17.0 Å². The van der Waals surface area contributed by atoms with Crippen molar-refractivity contribution in [1.82, 2.24) is 9.21 Å². The van der Waals surface area contributed by atoms with E-state index in [9.17, 15) is 13.2 Å². The normalized spacial score (nSPS) is 16.0. The van der Waals surface area contributed by atoms with E-state index < -0.39 is 10.0 Å². The van der Waals surface area contributed by atoms with Gasteiger partial charge in [-0.3, -0.25) is 4.79 Å². The molecule has 0 bridgehead atoms. The number of carbonyl (C=O) groups is 1. The van der Waals surface area contributed by atoms with Crippen LogP contribution in [-0.2, 0) is 16.6 Å². The van der Waals surface area contributed by atoms with Crippen LogP contribution in [0.1, 0.15) is 27.2 Å². The third-order valence-corrected chi connectivity index (χ3v) is 6.64. The van der Waals surface area contributed by atoms with Crippen LogP contribution in [0.2, 0.25) is 0 Å². The second-order valence-corrected chi connectivity index (χ2v) is 8.39. The summed E-state index contributed by atoms with van der Waals surface area (Å²) in [4.78, 5) is 14.4. The summed E-state index contributed by atoms with van der Waals surface area (Å²) in [5.74, 6) is 0.376. The summed E-state index contributed by atoms with van der Waals surface area (Å²) in [6.07, 6.45) is 1.39. The number of amides is 1. The largest absolute Gasteiger partial charge is 0.467 e. The first-order valence-corrected chi connectivity index (χ1v) is 9.91. The molecule has 1 aliphatic heterocycles. The van der Waals surface area contributed by atoms with Crippen LogP contribution >= 0.6 is 0 Å². The SMILES string of the molecule is Cc1ccc(S(=O)(=O)N2CCN(C(=O)c3coc(CN)c3)CC2)cc1C. The molecule has 0 spiro atoms. The average Bonchev–Trinajstić information content (AvgIpc) is 3.12. The van der Waals surface area contributed by atoms with Crippen LogP contribution in [0, 0.1) is 13.8 Å². The van der Waals surface area contributed by atoms with Gasteiger partial charge in [0.25, 0.3) is 5.91 Å². The molecule has 8 heteroatoms. The standard InChI is InChI=1S/C18H23N3O4S/c1-13-3-4-17(9-14(13)2)26(23,24)21-7-5-20(6-8-21)18(22)15-10-16(11-19)25-12-15/h3-4,9-10,12H,5-8,11,19H2,1-2H3. The maximum absolute atomic E-state index is 12.8. The van der Waals surface area contributed by atoms with Crippen molar-refractivity contribution in [2.45, 2.75) is 25.3 Å². The molecule has 0 unspecified atom stereocenters. The zero-order valence-electron chi connectivity index (χ0n) is 14.9. The fourth-order valence-corrected chi connectivity index (χ4v) is 4.45. The topological polar surface area (TPSA) is 96.9 Å². The molecule has 1 aromatic carbocycles. The summed E-state index contributed by atoms with van der Waals surface area (Å²) in [7, 11) is -3.55. The van der Waals surface area contributed by atoms with Crippen molar-refractivity contribution in [2.24, 2.45) is 5.73 Å². The van der Waals surface area contributed by atoms with E-state index in [0.717, 1.165) is 11.1 Å². The van der Waals surface area contributed by atoms with Crippen LogP contribution in [0.25, 0.3) is 0 Å². The van der Waals surface area contributed by atoms with Gasteiger partial charge < -0.3 is 15.1 Å². The van der Waals surface area contributed by atoms with Crippen molar-refractivity contribution >= 4 is 15.9 Å². The number of nitrogens with two attached hydrogens (primary N) is 1. The summed E-state index contributed by atoms with van der Waals surface area (Å²) in [6.45, 7) is 5.28. The van der Waals surface area contributed by atoms with Crippen molar-refractivity contribution in [1.29, 1.82) is 0 Å². The van der Waals surface area contributed by atoms with Gasteiger partial charge in [0.15, 0.2) is 0 Å². The van der Waals surface area contributed by atoms with Crippen molar-refractivity contribution in [2.75, 3.05) is 26.2 Å². The van der Waals surface area contributed by atoms with Gasteiger partial charge in [-0.1, -0.05) is 6.07 Å². The fourth-order valence-electron chi connectivity index (χ4n) is 2.94. The molecule has 2 N–H and O–H groups in total. The van der Waals surface area contributed by atoms with Crippen molar-refractivity contribution in [3.05, 3.63) is 53.0 Å². The Labute approximate surface area is 153 Å². The minimum absolute atomic E-state index is 0.170. The molecule has 0 radical (unpaired) electrons. The number of carbonyl (C=O) groups excluding carboxylic acids is 1. The van der Waals surface area contributed by atoms with Gasteiger partial charge in [-0.25, -0.2) is 8.42 Å².